The predicted octanol–water partition coefficient (Wildman–Crippen LogP) is 0.824. The fraction of sp³-hybridized carbons (Fsp3) is 0.500. The molecule has 0 spiro atoms. The van der Waals surface area contributed by atoms with Crippen molar-refractivity contribution in [1.82, 2.24) is 0 Å². The van der Waals surface area contributed by atoms with Crippen LogP contribution in [0.3, 0.4) is 0 Å². The highest BCUT2D eigenvalue weighted by atomic mass is 32.2. The molecule has 0 saturated carbocycles. The molecule has 15 heavy (non-hydrogen) atoms. The van der Waals surface area contributed by atoms with Gasteiger partial charge < -0.3 is 9.94 Å². The summed E-state index contributed by atoms with van der Waals surface area (Å²) in [6.07, 6.45) is 3.03. The third kappa shape index (κ3) is 2.47. The van der Waals surface area contributed by atoms with Crippen LogP contribution in [0.2, 0.25) is 0 Å². The lowest BCUT2D eigenvalue weighted by molar-refractivity contribution is -0.613. The van der Waals surface area contributed by atoms with Gasteiger partial charge in [0.1, 0.15) is 11.5 Å². The van der Waals surface area contributed by atoms with Crippen molar-refractivity contribution in [2.45, 2.75) is 19.6 Å². The third-order valence-electron chi connectivity index (χ3n) is 2.25. The molecule has 1 rings (SSSR count). The number of ether oxygens (including phenoxy) is 1. The average Bonchev–Trinajstić information content (AvgIpc) is 2.12. The topological polar surface area (TPSA) is 53.2 Å². The van der Waals surface area contributed by atoms with Crippen LogP contribution in [0.1, 0.15) is 16.8 Å². The van der Waals surface area contributed by atoms with Crippen LogP contribution in [0.25, 0.3) is 0 Å². The number of pyridine rings is 1. The molecule has 1 atom stereocenters. The highest BCUT2D eigenvalue weighted by molar-refractivity contribution is 7.83. The molecule has 5 heteroatoms. The Morgan fingerprint density at radius 3 is 2.60 bits per heavy atom. The normalized spacial score (nSPS) is 12.5. The van der Waals surface area contributed by atoms with Gasteiger partial charge in [-0.15, -0.1) is 0 Å². The van der Waals surface area contributed by atoms with E-state index < -0.39 is 10.8 Å². The van der Waals surface area contributed by atoms with Gasteiger partial charge in [-0.05, 0) is 13.8 Å². The van der Waals surface area contributed by atoms with Gasteiger partial charge in [0.2, 0.25) is 5.69 Å². The number of nitrogens with zero attached hydrogens (tertiary/aromatic N) is 1. The Hall–Kier alpha value is -1.10. The van der Waals surface area contributed by atoms with Crippen LogP contribution in [0.4, 0.5) is 0 Å². The smallest absolute Gasteiger partial charge is 0.211 e. The van der Waals surface area contributed by atoms with Crippen molar-refractivity contribution < 1.29 is 13.7 Å². The number of aryl methyl sites for hydroxylation is 1. The average molecular weight is 229 g/mol. The van der Waals surface area contributed by atoms with Crippen molar-refractivity contribution in [3.8, 4) is 5.75 Å². The van der Waals surface area contributed by atoms with E-state index in [0.29, 0.717) is 11.4 Å². The zero-order valence-corrected chi connectivity index (χ0v) is 10.2. The molecule has 0 aliphatic heterocycles. The fourth-order valence-corrected chi connectivity index (χ4v) is 2.31. The van der Waals surface area contributed by atoms with E-state index in [2.05, 4.69) is 0 Å². The summed E-state index contributed by atoms with van der Waals surface area (Å²) in [6.45, 7) is 3.62. The molecule has 1 unspecified atom stereocenters. The Kier molecular flexibility index (Phi) is 3.68. The van der Waals surface area contributed by atoms with Crippen LogP contribution >= 0.6 is 0 Å². The van der Waals surface area contributed by atoms with Crippen molar-refractivity contribution in [2.75, 3.05) is 13.4 Å². The molecule has 1 aromatic heterocycles. The lowest BCUT2D eigenvalue weighted by atomic mass is 10.1. The van der Waals surface area contributed by atoms with Gasteiger partial charge in [-0.2, -0.15) is 4.73 Å². The quantitative estimate of drug-likeness (QED) is 0.569. The maximum atomic E-state index is 11.6. The number of hydrogen-bond donors (Lipinski definition) is 0. The Labute approximate surface area is 91.9 Å². The predicted molar refractivity (Wildman–Crippen MR) is 59.2 cm³/mol. The highest BCUT2D eigenvalue weighted by Gasteiger charge is 2.18. The lowest BCUT2D eigenvalue weighted by Gasteiger charge is -2.12. The number of rotatable bonds is 3. The molecule has 0 N–H and O–H groups in total. The maximum absolute atomic E-state index is 11.6. The highest BCUT2D eigenvalue weighted by Crippen LogP contribution is 2.23. The molecule has 0 aliphatic carbocycles. The summed E-state index contributed by atoms with van der Waals surface area (Å²) in [7, 11) is 0.536. The molecule has 0 aromatic carbocycles. The van der Waals surface area contributed by atoms with E-state index in [1.807, 2.05) is 13.8 Å². The van der Waals surface area contributed by atoms with Crippen molar-refractivity contribution in [3.05, 3.63) is 28.2 Å². The van der Waals surface area contributed by atoms with Crippen LogP contribution in [-0.4, -0.2) is 17.6 Å². The van der Waals surface area contributed by atoms with E-state index in [1.54, 1.807) is 13.4 Å². The first-order valence-electron chi connectivity index (χ1n) is 4.53. The monoisotopic (exact) mass is 229 g/mol. The van der Waals surface area contributed by atoms with Crippen LogP contribution < -0.4 is 9.47 Å². The second-order valence-electron chi connectivity index (χ2n) is 3.46. The fourth-order valence-electron chi connectivity index (χ4n) is 1.58. The lowest BCUT2D eigenvalue weighted by Crippen LogP contribution is -2.34. The maximum Gasteiger partial charge on any atom is 0.211 e. The minimum absolute atomic E-state index is 0.256. The van der Waals surface area contributed by atoms with E-state index in [4.69, 9.17) is 4.74 Å². The van der Waals surface area contributed by atoms with Crippen LogP contribution in [0.15, 0.2) is 6.20 Å². The zero-order valence-electron chi connectivity index (χ0n) is 9.36. The molecule has 4 nitrogen and oxygen atoms in total. The van der Waals surface area contributed by atoms with Gasteiger partial charge in [0.15, 0.2) is 6.20 Å². The molecule has 0 fully saturated rings. The zero-order chi connectivity index (χ0) is 11.6. The van der Waals surface area contributed by atoms with Gasteiger partial charge >= 0.3 is 0 Å². The van der Waals surface area contributed by atoms with Gasteiger partial charge in [0.05, 0.1) is 18.2 Å². The number of methoxy groups -OCH3 is 1. The molecule has 1 aromatic rings. The Morgan fingerprint density at radius 1 is 1.53 bits per heavy atom. The van der Waals surface area contributed by atoms with E-state index in [-0.39, 0.29) is 5.75 Å². The Morgan fingerprint density at radius 2 is 2.13 bits per heavy atom. The molecule has 0 amide bonds. The summed E-state index contributed by atoms with van der Waals surface area (Å²) in [5, 5.41) is 11.6. The summed E-state index contributed by atoms with van der Waals surface area (Å²) < 4.78 is 17.1. The van der Waals surface area contributed by atoms with Gasteiger partial charge in [0.25, 0.3) is 0 Å². The summed E-state index contributed by atoms with van der Waals surface area (Å²) >= 11 is 0. The molecular weight excluding hydrogens is 214 g/mol. The molecule has 1 heterocycles. The summed E-state index contributed by atoms with van der Waals surface area (Å²) in [4.78, 5) is 0. The van der Waals surface area contributed by atoms with E-state index in [9.17, 15) is 9.42 Å². The largest absolute Gasteiger partial charge is 0.618 e. The van der Waals surface area contributed by atoms with Crippen LogP contribution in [-0.2, 0) is 16.6 Å². The molecular formula is C10H15NO3S. The number of aromatic nitrogens is 1. The molecule has 0 saturated heterocycles. The first-order valence-corrected chi connectivity index (χ1v) is 6.26. The Balaban J connectivity index is 3.32. The van der Waals surface area contributed by atoms with Crippen molar-refractivity contribution in [3.63, 3.8) is 0 Å². The molecule has 84 valence electrons. The van der Waals surface area contributed by atoms with Gasteiger partial charge in [-0.25, -0.2) is 0 Å². The van der Waals surface area contributed by atoms with Crippen LogP contribution in [0.5, 0.6) is 5.75 Å². The SMILES string of the molecule is COc1c(C)c[n+]([O-])c(CS(C)=O)c1C. The molecule has 0 bridgehead atoms. The second kappa shape index (κ2) is 4.61. The summed E-state index contributed by atoms with van der Waals surface area (Å²) in [5.41, 5.74) is 2.07. The molecule has 0 aliphatic rings. The Bertz CT molecular complexity index is 404. The first kappa shape index (κ1) is 12.0. The van der Waals surface area contributed by atoms with Crippen molar-refractivity contribution in [1.29, 1.82) is 0 Å². The van der Waals surface area contributed by atoms with E-state index in [1.165, 1.54) is 6.20 Å². The standard InChI is InChI=1S/C10H15NO3S/c1-7-5-11(12)9(6-15(4)13)8(2)10(7)14-3/h5H,6H2,1-4H3. The minimum atomic E-state index is -1.03. The molecule has 0 radical (unpaired) electrons. The second-order valence-corrected chi connectivity index (χ2v) is 4.90. The van der Waals surface area contributed by atoms with Gasteiger partial charge in [-0.1, -0.05) is 0 Å². The first-order chi connectivity index (χ1) is 6.97. The summed E-state index contributed by atoms with van der Waals surface area (Å²) in [5.74, 6) is 0.953. The minimum Gasteiger partial charge on any atom is -0.618 e. The van der Waals surface area contributed by atoms with Crippen LogP contribution in [0, 0.1) is 19.1 Å². The van der Waals surface area contributed by atoms with Crippen molar-refractivity contribution in [2.24, 2.45) is 0 Å². The third-order valence-corrected chi connectivity index (χ3v) is 2.93. The van der Waals surface area contributed by atoms with E-state index in [0.717, 1.165) is 15.9 Å². The number of hydrogen-bond acceptors (Lipinski definition) is 3. The van der Waals surface area contributed by atoms with Crippen molar-refractivity contribution >= 4 is 10.8 Å². The van der Waals surface area contributed by atoms with Gasteiger partial charge in [0, 0.05) is 17.1 Å². The summed E-state index contributed by atoms with van der Waals surface area (Å²) in [6, 6.07) is 0. The van der Waals surface area contributed by atoms with Gasteiger partial charge in [-0.3, -0.25) is 4.21 Å². The van der Waals surface area contributed by atoms with E-state index >= 15 is 0 Å².